The van der Waals surface area contributed by atoms with Crippen LogP contribution in [0.1, 0.15) is 63.5 Å². The molecule has 4 saturated carbocycles. The number of nitrogens with one attached hydrogen (secondary N) is 1. The van der Waals surface area contributed by atoms with Crippen molar-refractivity contribution >= 4 is 27.5 Å². The number of benzene rings is 2. The molecule has 4 fully saturated rings. The normalized spacial score (nSPS) is 34.3. The number of ether oxygens (including phenoxy) is 1. The Hall–Kier alpha value is -1.03. The van der Waals surface area contributed by atoms with Crippen LogP contribution in [0.3, 0.4) is 0 Å². The second kappa shape index (κ2) is 7.53. The van der Waals surface area contributed by atoms with Gasteiger partial charge in [0, 0.05) is 27.1 Å². The first-order valence-electron chi connectivity index (χ1n) is 11.1. The molecule has 1 N–H and O–H groups in total. The Morgan fingerprint density at radius 1 is 1.03 bits per heavy atom. The summed E-state index contributed by atoms with van der Waals surface area (Å²) in [6.45, 7) is 6.44. The summed E-state index contributed by atoms with van der Waals surface area (Å²) in [6, 6.07) is 14.2. The molecule has 2 unspecified atom stereocenters. The fourth-order valence-corrected chi connectivity index (χ4v) is 8.16. The van der Waals surface area contributed by atoms with E-state index >= 15 is 0 Å². The molecule has 0 aromatic heterocycles. The van der Waals surface area contributed by atoms with Crippen LogP contribution in [-0.2, 0) is 13.2 Å². The lowest BCUT2D eigenvalue weighted by Crippen LogP contribution is -2.63. The zero-order valence-corrected chi connectivity index (χ0v) is 20.3. The van der Waals surface area contributed by atoms with Crippen molar-refractivity contribution in [3.63, 3.8) is 0 Å². The van der Waals surface area contributed by atoms with E-state index in [0.29, 0.717) is 17.4 Å². The van der Waals surface area contributed by atoms with Crippen molar-refractivity contribution in [1.29, 1.82) is 0 Å². The van der Waals surface area contributed by atoms with Gasteiger partial charge in [-0.2, -0.15) is 0 Å². The first-order chi connectivity index (χ1) is 14.2. The maximum atomic E-state index is 6.22. The van der Waals surface area contributed by atoms with Gasteiger partial charge in [0.25, 0.3) is 0 Å². The molecule has 30 heavy (non-hydrogen) atoms. The molecule has 2 aromatic carbocycles. The molecule has 4 aliphatic rings. The smallest absolute Gasteiger partial charge is 0.124 e. The van der Waals surface area contributed by atoms with Crippen LogP contribution in [0.4, 0.5) is 0 Å². The van der Waals surface area contributed by atoms with Crippen LogP contribution in [0, 0.1) is 16.7 Å². The predicted molar refractivity (Wildman–Crippen MR) is 127 cm³/mol. The SMILES string of the molecule is CC12CC3CC(C)(C1)CC(NCc1cc(Br)ccc1OCc1cccc(Cl)c1)(C3)C2. The molecule has 6 rings (SSSR count). The van der Waals surface area contributed by atoms with Crippen molar-refractivity contribution in [3.8, 4) is 5.75 Å². The summed E-state index contributed by atoms with van der Waals surface area (Å²) in [4.78, 5) is 0. The fraction of sp³-hybridized carbons (Fsp3) is 0.538. The van der Waals surface area contributed by atoms with Crippen molar-refractivity contribution < 1.29 is 4.74 Å². The highest BCUT2D eigenvalue weighted by atomic mass is 79.9. The molecule has 2 nitrogen and oxygen atoms in total. The van der Waals surface area contributed by atoms with Crippen LogP contribution < -0.4 is 10.1 Å². The summed E-state index contributed by atoms with van der Waals surface area (Å²) < 4.78 is 7.32. The van der Waals surface area contributed by atoms with E-state index in [2.05, 4.69) is 59.4 Å². The first kappa shape index (κ1) is 20.8. The van der Waals surface area contributed by atoms with Crippen molar-refractivity contribution in [3.05, 3.63) is 63.1 Å². The lowest BCUT2D eigenvalue weighted by Gasteiger charge is -2.65. The Morgan fingerprint density at radius 3 is 2.50 bits per heavy atom. The van der Waals surface area contributed by atoms with E-state index in [0.717, 1.165) is 33.3 Å². The molecule has 0 saturated heterocycles. The van der Waals surface area contributed by atoms with Crippen molar-refractivity contribution in [2.45, 2.75) is 71.1 Å². The molecule has 0 radical (unpaired) electrons. The molecular formula is C26H31BrClNO. The van der Waals surface area contributed by atoms with Gasteiger partial charge >= 0.3 is 0 Å². The van der Waals surface area contributed by atoms with Gasteiger partial charge in [-0.05, 0) is 91.2 Å². The van der Waals surface area contributed by atoms with Gasteiger partial charge in [0.1, 0.15) is 12.4 Å². The summed E-state index contributed by atoms with van der Waals surface area (Å²) >= 11 is 9.78. The Bertz CT molecular complexity index is 942. The molecular weight excluding hydrogens is 458 g/mol. The van der Waals surface area contributed by atoms with E-state index in [1.807, 2.05) is 18.2 Å². The molecule has 0 amide bonds. The van der Waals surface area contributed by atoms with E-state index < -0.39 is 0 Å². The molecule has 4 heteroatoms. The minimum absolute atomic E-state index is 0.287. The molecule has 0 aliphatic heterocycles. The summed E-state index contributed by atoms with van der Waals surface area (Å²) in [5.41, 5.74) is 3.63. The lowest BCUT2D eigenvalue weighted by atomic mass is 9.43. The standard InChI is InChI=1S/C26H31BrClNO/c1-24-10-19-11-25(2,15-24)17-26(12-19,16-24)29-13-20-9-21(27)6-7-23(20)30-14-18-4-3-5-22(28)8-18/h3-9,19,29H,10-17H2,1-2H3. The Labute approximate surface area is 193 Å². The lowest BCUT2D eigenvalue weighted by molar-refractivity contribution is -0.118. The third-order valence-electron chi connectivity index (χ3n) is 7.59. The van der Waals surface area contributed by atoms with Gasteiger partial charge in [-0.15, -0.1) is 0 Å². The highest BCUT2D eigenvalue weighted by Gasteiger charge is 2.59. The summed E-state index contributed by atoms with van der Waals surface area (Å²) in [6.07, 6.45) is 8.24. The van der Waals surface area contributed by atoms with E-state index in [4.69, 9.17) is 16.3 Å². The number of rotatable bonds is 6. The highest BCUT2D eigenvalue weighted by Crippen LogP contribution is 2.66. The van der Waals surface area contributed by atoms with E-state index in [9.17, 15) is 0 Å². The van der Waals surface area contributed by atoms with Gasteiger partial charge in [0.05, 0.1) is 0 Å². The van der Waals surface area contributed by atoms with Crippen LogP contribution in [-0.4, -0.2) is 5.54 Å². The monoisotopic (exact) mass is 487 g/mol. The summed E-state index contributed by atoms with van der Waals surface area (Å²) in [5, 5.41) is 4.79. The molecule has 2 aromatic rings. The van der Waals surface area contributed by atoms with Gasteiger partial charge < -0.3 is 10.1 Å². The second-order valence-electron chi connectivity index (χ2n) is 10.9. The van der Waals surface area contributed by atoms with Gasteiger partial charge in [-0.1, -0.05) is 53.5 Å². The van der Waals surface area contributed by atoms with Crippen LogP contribution >= 0.6 is 27.5 Å². The third-order valence-corrected chi connectivity index (χ3v) is 8.31. The van der Waals surface area contributed by atoms with Gasteiger partial charge in [-0.3, -0.25) is 0 Å². The van der Waals surface area contributed by atoms with Gasteiger partial charge in [0.15, 0.2) is 0 Å². The Morgan fingerprint density at radius 2 is 1.80 bits per heavy atom. The zero-order chi connectivity index (χ0) is 21.0. The largest absolute Gasteiger partial charge is 0.489 e. The third kappa shape index (κ3) is 4.18. The quantitative estimate of drug-likeness (QED) is 0.454. The average Bonchev–Trinajstić information content (AvgIpc) is 2.63. The van der Waals surface area contributed by atoms with E-state index in [1.54, 1.807) is 0 Å². The molecule has 0 heterocycles. The number of hydrogen-bond acceptors (Lipinski definition) is 2. The van der Waals surface area contributed by atoms with Crippen LogP contribution in [0.15, 0.2) is 46.9 Å². The summed E-state index contributed by atoms with van der Waals surface area (Å²) in [7, 11) is 0. The molecule has 0 spiro atoms. The Kier molecular flexibility index (Phi) is 5.24. The van der Waals surface area contributed by atoms with Crippen molar-refractivity contribution in [2.24, 2.45) is 16.7 Å². The minimum Gasteiger partial charge on any atom is -0.489 e. The Balaban J connectivity index is 1.32. The maximum Gasteiger partial charge on any atom is 0.124 e. The topological polar surface area (TPSA) is 21.3 Å². The fourth-order valence-electron chi connectivity index (χ4n) is 7.54. The molecule has 4 aliphatic carbocycles. The average molecular weight is 489 g/mol. The second-order valence-corrected chi connectivity index (χ2v) is 12.3. The maximum absolute atomic E-state index is 6.22. The van der Waals surface area contributed by atoms with Crippen molar-refractivity contribution in [2.75, 3.05) is 0 Å². The van der Waals surface area contributed by atoms with Crippen LogP contribution in [0.5, 0.6) is 5.75 Å². The van der Waals surface area contributed by atoms with Crippen LogP contribution in [0.25, 0.3) is 0 Å². The number of hydrogen-bond donors (Lipinski definition) is 1. The molecule has 160 valence electrons. The van der Waals surface area contributed by atoms with E-state index in [1.165, 1.54) is 44.1 Å². The highest BCUT2D eigenvalue weighted by molar-refractivity contribution is 9.10. The first-order valence-corrected chi connectivity index (χ1v) is 12.3. The zero-order valence-electron chi connectivity index (χ0n) is 17.9. The number of halogens is 2. The summed E-state index contributed by atoms with van der Waals surface area (Å²) in [5.74, 6) is 1.85. The van der Waals surface area contributed by atoms with Crippen molar-refractivity contribution in [1.82, 2.24) is 5.32 Å². The van der Waals surface area contributed by atoms with Crippen LogP contribution in [0.2, 0.25) is 5.02 Å². The van der Waals surface area contributed by atoms with Gasteiger partial charge in [-0.25, -0.2) is 0 Å². The predicted octanol–water partition coefficient (Wildman–Crippen LogP) is 7.52. The molecule has 4 bridgehead atoms. The minimum atomic E-state index is 0.287. The van der Waals surface area contributed by atoms with Gasteiger partial charge in [0.2, 0.25) is 0 Å². The molecule has 2 atom stereocenters. The van der Waals surface area contributed by atoms with E-state index in [-0.39, 0.29) is 5.54 Å².